The Hall–Kier alpha value is -2.01. The molecular formula is C15H20N2O3. The molecule has 0 aliphatic heterocycles. The third kappa shape index (κ3) is 2.77. The number of nitrogens with one attached hydrogen (secondary N) is 1. The highest BCUT2D eigenvalue weighted by Gasteiger charge is 2.12. The number of methoxy groups -OCH3 is 2. The van der Waals surface area contributed by atoms with Gasteiger partial charge >= 0.3 is 0 Å². The number of hydrogen-bond donors (Lipinski definition) is 2. The molecule has 0 fully saturated rings. The summed E-state index contributed by atoms with van der Waals surface area (Å²) in [6.45, 7) is 2.09. The molecule has 108 valence electrons. The van der Waals surface area contributed by atoms with E-state index in [0.717, 1.165) is 23.0 Å². The second-order valence-corrected chi connectivity index (χ2v) is 4.52. The molecule has 1 unspecified atom stereocenters. The SMILES string of the molecule is CCC(CO)Nc1nccc2cc(OC)c(OC)cc12. The lowest BCUT2D eigenvalue weighted by atomic mass is 10.1. The van der Waals surface area contributed by atoms with Crippen LogP contribution in [0.4, 0.5) is 5.82 Å². The predicted octanol–water partition coefficient (Wildman–Crippen LogP) is 2.43. The van der Waals surface area contributed by atoms with E-state index < -0.39 is 0 Å². The number of aliphatic hydroxyl groups is 1. The number of ether oxygens (including phenoxy) is 2. The molecule has 0 amide bonds. The summed E-state index contributed by atoms with van der Waals surface area (Å²) >= 11 is 0. The fraction of sp³-hybridized carbons (Fsp3) is 0.400. The summed E-state index contributed by atoms with van der Waals surface area (Å²) in [5, 5.41) is 14.5. The van der Waals surface area contributed by atoms with Crippen molar-refractivity contribution in [3.05, 3.63) is 24.4 Å². The van der Waals surface area contributed by atoms with Crippen molar-refractivity contribution in [2.24, 2.45) is 0 Å². The zero-order valence-electron chi connectivity index (χ0n) is 12.0. The van der Waals surface area contributed by atoms with Gasteiger partial charge in [0.1, 0.15) is 5.82 Å². The van der Waals surface area contributed by atoms with Crippen molar-refractivity contribution in [3.8, 4) is 11.5 Å². The Labute approximate surface area is 118 Å². The van der Waals surface area contributed by atoms with Crippen molar-refractivity contribution in [2.45, 2.75) is 19.4 Å². The van der Waals surface area contributed by atoms with Gasteiger partial charge in [-0.1, -0.05) is 6.92 Å². The van der Waals surface area contributed by atoms with Crippen molar-refractivity contribution in [1.82, 2.24) is 4.98 Å². The molecule has 1 heterocycles. The van der Waals surface area contributed by atoms with Crippen molar-refractivity contribution in [3.63, 3.8) is 0 Å². The van der Waals surface area contributed by atoms with Gasteiger partial charge in [0.25, 0.3) is 0 Å². The summed E-state index contributed by atoms with van der Waals surface area (Å²) in [5.74, 6) is 2.09. The molecule has 1 aromatic carbocycles. The number of hydrogen-bond acceptors (Lipinski definition) is 5. The molecule has 20 heavy (non-hydrogen) atoms. The number of fused-ring (bicyclic) bond motifs is 1. The molecule has 0 saturated heterocycles. The van der Waals surface area contributed by atoms with Crippen LogP contribution in [0.2, 0.25) is 0 Å². The Morgan fingerprint density at radius 2 is 1.95 bits per heavy atom. The Morgan fingerprint density at radius 3 is 2.55 bits per heavy atom. The Balaban J connectivity index is 2.50. The third-order valence-corrected chi connectivity index (χ3v) is 3.32. The monoisotopic (exact) mass is 276 g/mol. The average molecular weight is 276 g/mol. The minimum absolute atomic E-state index is 0.0128. The highest BCUT2D eigenvalue weighted by Crippen LogP contribution is 2.34. The van der Waals surface area contributed by atoms with Crippen molar-refractivity contribution in [1.29, 1.82) is 0 Å². The number of aromatic nitrogens is 1. The van der Waals surface area contributed by atoms with E-state index in [2.05, 4.69) is 10.3 Å². The predicted molar refractivity (Wildman–Crippen MR) is 79.6 cm³/mol. The average Bonchev–Trinajstić information content (AvgIpc) is 2.51. The van der Waals surface area contributed by atoms with Crippen LogP contribution in [-0.2, 0) is 0 Å². The molecular weight excluding hydrogens is 256 g/mol. The molecule has 5 nitrogen and oxygen atoms in total. The molecule has 2 rings (SSSR count). The first-order valence-electron chi connectivity index (χ1n) is 6.61. The van der Waals surface area contributed by atoms with Gasteiger partial charge in [-0.05, 0) is 30.0 Å². The lowest BCUT2D eigenvalue weighted by Crippen LogP contribution is -2.23. The van der Waals surface area contributed by atoms with E-state index in [0.29, 0.717) is 11.5 Å². The van der Waals surface area contributed by atoms with Crippen LogP contribution in [0.5, 0.6) is 11.5 Å². The highest BCUT2D eigenvalue weighted by atomic mass is 16.5. The van der Waals surface area contributed by atoms with E-state index in [4.69, 9.17) is 9.47 Å². The molecule has 1 atom stereocenters. The molecule has 0 radical (unpaired) electrons. The van der Waals surface area contributed by atoms with Gasteiger partial charge in [0, 0.05) is 11.6 Å². The van der Waals surface area contributed by atoms with Crippen molar-refractivity contribution < 1.29 is 14.6 Å². The van der Waals surface area contributed by atoms with Crippen LogP contribution in [0.3, 0.4) is 0 Å². The molecule has 0 aliphatic carbocycles. The Bertz CT molecular complexity index is 583. The molecule has 0 spiro atoms. The minimum Gasteiger partial charge on any atom is -0.493 e. The van der Waals surface area contributed by atoms with E-state index >= 15 is 0 Å². The van der Waals surface area contributed by atoms with Gasteiger partial charge < -0.3 is 19.9 Å². The van der Waals surface area contributed by atoms with Crippen LogP contribution in [0.25, 0.3) is 10.8 Å². The standard InChI is InChI=1S/C15H20N2O3/c1-4-11(9-18)17-15-12-8-14(20-3)13(19-2)7-10(12)5-6-16-15/h5-8,11,18H,4,9H2,1-3H3,(H,16,17). The van der Waals surface area contributed by atoms with Gasteiger partial charge in [-0.3, -0.25) is 0 Å². The van der Waals surface area contributed by atoms with Gasteiger partial charge in [0.2, 0.25) is 0 Å². The van der Waals surface area contributed by atoms with Crippen LogP contribution in [0.15, 0.2) is 24.4 Å². The molecule has 0 saturated carbocycles. The van der Waals surface area contributed by atoms with Gasteiger partial charge in [0.15, 0.2) is 11.5 Å². The third-order valence-electron chi connectivity index (χ3n) is 3.32. The maximum atomic E-state index is 9.31. The zero-order chi connectivity index (χ0) is 14.5. The van der Waals surface area contributed by atoms with E-state index in [1.54, 1.807) is 20.4 Å². The number of rotatable bonds is 6. The first-order chi connectivity index (χ1) is 9.73. The molecule has 2 aromatic rings. The quantitative estimate of drug-likeness (QED) is 0.848. The van der Waals surface area contributed by atoms with Gasteiger partial charge in [-0.2, -0.15) is 0 Å². The summed E-state index contributed by atoms with van der Waals surface area (Å²) in [7, 11) is 3.22. The normalized spacial score (nSPS) is 12.2. The fourth-order valence-electron chi connectivity index (χ4n) is 2.08. The lowest BCUT2D eigenvalue weighted by molar-refractivity contribution is 0.271. The van der Waals surface area contributed by atoms with Gasteiger partial charge in [-0.15, -0.1) is 0 Å². The molecule has 0 bridgehead atoms. The lowest BCUT2D eigenvalue weighted by Gasteiger charge is -2.17. The number of pyridine rings is 1. The number of anilines is 1. The van der Waals surface area contributed by atoms with E-state index in [-0.39, 0.29) is 12.6 Å². The minimum atomic E-state index is -0.0128. The molecule has 5 heteroatoms. The molecule has 1 aromatic heterocycles. The smallest absolute Gasteiger partial charge is 0.161 e. The topological polar surface area (TPSA) is 63.6 Å². The number of nitrogens with zero attached hydrogens (tertiary/aromatic N) is 1. The maximum Gasteiger partial charge on any atom is 0.161 e. The van der Waals surface area contributed by atoms with E-state index in [1.807, 2.05) is 25.1 Å². The maximum absolute atomic E-state index is 9.31. The van der Waals surface area contributed by atoms with E-state index in [1.165, 1.54) is 0 Å². The highest BCUT2D eigenvalue weighted by molar-refractivity contribution is 5.94. The summed E-state index contributed by atoms with van der Waals surface area (Å²) in [6.07, 6.45) is 2.56. The van der Waals surface area contributed by atoms with Gasteiger partial charge in [0.05, 0.1) is 26.9 Å². The van der Waals surface area contributed by atoms with Crippen LogP contribution >= 0.6 is 0 Å². The van der Waals surface area contributed by atoms with Crippen LogP contribution in [0, 0.1) is 0 Å². The first kappa shape index (κ1) is 14.4. The van der Waals surface area contributed by atoms with Crippen LogP contribution in [0.1, 0.15) is 13.3 Å². The van der Waals surface area contributed by atoms with Crippen LogP contribution in [-0.4, -0.2) is 37.0 Å². The zero-order valence-corrected chi connectivity index (χ0v) is 12.0. The summed E-state index contributed by atoms with van der Waals surface area (Å²) in [6, 6.07) is 5.72. The molecule has 2 N–H and O–H groups in total. The Kier molecular flexibility index (Phi) is 4.63. The fourth-order valence-corrected chi connectivity index (χ4v) is 2.08. The largest absolute Gasteiger partial charge is 0.493 e. The van der Waals surface area contributed by atoms with Crippen LogP contribution < -0.4 is 14.8 Å². The van der Waals surface area contributed by atoms with Crippen molar-refractivity contribution >= 4 is 16.6 Å². The number of aliphatic hydroxyl groups excluding tert-OH is 1. The number of benzene rings is 1. The second-order valence-electron chi connectivity index (χ2n) is 4.52. The molecule has 0 aliphatic rings. The summed E-state index contributed by atoms with van der Waals surface area (Å²) in [4.78, 5) is 4.35. The van der Waals surface area contributed by atoms with Crippen molar-refractivity contribution in [2.75, 3.05) is 26.1 Å². The van der Waals surface area contributed by atoms with Gasteiger partial charge in [-0.25, -0.2) is 4.98 Å². The Morgan fingerprint density at radius 1 is 1.25 bits per heavy atom. The second kappa shape index (κ2) is 6.43. The first-order valence-corrected chi connectivity index (χ1v) is 6.61. The summed E-state index contributed by atoms with van der Waals surface area (Å²) in [5.41, 5.74) is 0. The van der Waals surface area contributed by atoms with E-state index in [9.17, 15) is 5.11 Å². The summed E-state index contributed by atoms with van der Waals surface area (Å²) < 4.78 is 10.6.